The van der Waals surface area contributed by atoms with Crippen LogP contribution in [0.5, 0.6) is 0 Å². The number of pyridine rings is 1. The maximum Gasteiger partial charge on any atom is 0.410 e. The fourth-order valence-electron chi connectivity index (χ4n) is 4.39. The second-order valence-electron chi connectivity index (χ2n) is 10.7. The molecular formula is C32H34F2N6O5. The largest absolute Gasteiger partial charge is 0.436 e. The summed E-state index contributed by atoms with van der Waals surface area (Å²) in [7, 11) is 6.16. The summed E-state index contributed by atoms with van der Waals surface area (Å²) >= 11 is 0. The van der Waals surface area contributed by atoms with E-state index >= 15 is 0 Å². The zero-order chi connectivity index (χ0) is 32.7. The first-order valence-corrected chi connectivity index (χ1v) is 14.1. The van der Waals surface area contributed by atoms with E-state index in [1.165, 1.54) is 77.1 Å². The summed E-state index contributed by atoms with van der Waals surface area (Å²) in [5.74, 6) is -1.36. The molecule has 0 aliphatic heterocycles. The number of anilines is 1. The van der Waals surface area contributed by atoms with Crippen LogP contribution in [0.25, 0.3) is 11.0 Å². The maximum atomic E-state index is 14.2. The van der Waals surface area contributed by atoms with Crippen molar-refractivity contribution in [3.8, 4) is 0 Å². The SMILES string of the molecule is CN(C)C(=O)/C=C/CC[C@H](OC(=O)N(C)C)C(=O)Nc1cccn(Cc2nc3ccc(F)cc3n2Cc2ccc(F)cc2)c1=O. The van der Waals surface area contributed by atoms with Crippen LogP contribution in [0.1, 0.15) is 24.2 Å². The van der Waals surface area contributed by atoms with E-state index in [-0.39, 0.29) is 43.3 Å². The van der Waals surface area contributed by atoms with Crippen LogP contribution in [-0.2, 0) is 27.4 Å². The average molecular weight is 621 g/mol. The van der Waals surface area contributed by atoms with Crippen LogP contribution in [0.15, 0.2) is 77.7 Å². The van der Waals surface area contributed by atoms with Gasteiger partial charge in [-0.05, 0) is 66.9 Å². The van der Waals surface area contributed by atoms with Crippen LogP contribution in [0.3, 0.4) is 0 Å². The van der Waals surface area contributed by atoms with Crippen LogP contribution < -0.4 is 10.9 Å². The molecule has 0 saturated heterocycles. The fraction of sp³-hybridized carbons (Fsp3) is 0.281. The van der Waals surface area contributed by atoms with Gasteiger partial charge in [-0.2, -0.15) is 0 Å². The number of hydrogen-bond donors (Lipinski definition) is 1. The van der Waals surface area contributed by atoms with Gasteiger partial charge in [0.15, 0.2) is 6.10 Å². The fourth-order valence-corrected chi connectivity index (χ4v) is 4.39. The van der Waals surface area contributed by atoms with Crippen LogP contribution in [0.2, 0.25) is 0 Å². The summed E-state index contributed by atoms with van der Waals surface area (Å²) in [4.78, 5) is 58.0. The van der Waals surface area contributed by atoms with Gasteiger partial charge in [0.25, 0.3) is 11.5 Å². The number of amides is 3. The second-order valence-corrected chi connectivity index (χ2v) is 10.7. The molecule has 11 nitrogen and oxygen atoms in total. The zero-order valence-electron chi connectivity index (χ0n) is 25.4. The number of nitrogens with zero attached hydrogens (tertiary/aromatic N) is 5. The first-order chi connectivity index (χ1) is 21.4. The number of rotatable bonds is 11. The number of nitrogens with one attached hydrogen (secondary N) is 1. The van der Waals surface area contributed by atoms with Gasteiger partial charge in [-0.25, -0.2) is 18.6 Å². The highest BCUT2D eigenvalue weighted by Gasteiger charge is 2.25. The molecule has 13 heteroatoms. The number of ether oxygens (including phenoxy) is 1. The molecule has 1 atom stereocenters. The number of benzene rings is 2. The Bertz CT molecular complexity index is 1780. The minimum atomic E-state index is -1.25. The lowest BCUT2D eigenvalue weighted by molar-refractivity contribution is -0.125. The molecular weight excluding hydrogens is 586 g/mol. The minimum Gasteiger partial charge on any atom is -0.436 e. The number of hydrogen-bond acceptors (Lipinski definition) is 6. The van der Waals surface area contributed by atoms with E-state index in [4.69, 9.17) is 4.74 Å². The molecule has 236 valence electrons. The highest BCUT2D eigenvalue weighted by molar-refractivity contribution is 5.95. The van der Waals surface area contributed by atoms with Crippen molar-refractivity contribution in [3.63, 3.8) is 0 Å². The molecule has 45 heavy (non-hydrogen) atoms. The molecule has 4 aromatic rings. The monoisotopic (exact) mass is 620 g/mol. The van der Waals surface area contributed by atoms with Gasteiger partial charge in [0.1, 0.15) is 23.1 Å². The zero-order valence-corrected chi connectivity index (χ0v) is 25.4. The summed E-state index contributed by atoms with van der Waals surface area (Å²) < 4.78 is 36.1. The first-order valence-electron chi connectivity index (χ1n) is 14.1. The number of fused-ring (bicyclic) bond motifs is 1. The van der Waals surface area contributed by atoms with Crippen LogP contribution >= 0.6 is 0 Å². The van der Waals surface area contributed by atoms with Crippen molar-refractivity contribution in [1.29, 1.82) is 0 Å². The van der Waals surface area contributed by atoms with Gasteiger partial charge in [-0.1, -0.05) is 18.2 Å². The number of aromatic nitrogens is 3. The topological polar surface area (TPSA) is 119 Å². The van der Waals surface area contributed by atoms with Gasteiger partial charge in [-0.3, -0.25) is 14.4 Å². The van der Waals surface area contributed by atoms with Crippen LogP contribution in [0, 0.1) is 11.6 Å². The Labute approximate surface area is 258 Å². The predicted molar refractivity (Wildman–Crippen MR) is 165 cm³/mol. The third kappa shape index (κ3) is 8.40. The Morgan fingerprint density at radius 3 is 2.38 bits per heavy atom. The summed E-state index contributed by atoms with van der Waals surface area (Å²) in [6.45, 7) is 0.220. The van der Waals surface area contributed by atoms with Gasteiger partial charge in [0.05, 0.1) is 17.6 Å². The molecule has 0 radical (unpaired) electrons. The molecule has 2 aromatic carbocycles. The Morgan fingerprint density at radius 1 is 0.978 bits per heavy atom. The molecule has 0 spiro atoms. The van der Waals surface area contributed by atoms with Crippen molar-refractivity contribution in [2.24, 2.45) is 0 Å². The molecule has 0 unspecified atom stereocenters. The van der Waals surface area contributed by atoms with Crippen molar-refractivity contribution >= 4 is 34.6 Å². The molecule has 4 rings (SSSR count). The number of imidazole rings is 1. The number of carbonyl (C=O) groups excluding carboxylic acids is 3. The lowest BCUT2D eigenvalue weighted by Gasteiger charge is -2.20. The van der Waals surface area contributed by atoms with Crippen molar-refractivity contribution in [1.82, 2.24) is 23.9 Å². The predicted octanol–water partition coefficient (Wildman–Crippen LogP) is 4.00. The normalized spacial score (nSPS) is 11.9. The highest BCUT2D eigenvalue weighted by Crippen LogP contribution is 2.21. The summed E-state index contributed by atoms with van der Waals surface area (Å²) in [6.07, 6.45) is 2.78. The maximum absolute atomic E-state index is 14.2. The van der Waals surface area contributed by atoms with Crippen molar-refractivity contribution in [2.75, 3.05) is 33.5 Å². The van der Waals surface area contributed by atoms with Gasteiger partial charge >= 0.3 is 6.09 Å². The van der Waals surface area contributed by atoms with E-state index in [0.29, 0.717) is 16.9 Å². The minimum absolute atomic E-state index is 0.0240. The molecule has 1 N–H and O–H groups in total. The molecule has 3 amide bonds. The molecule has 0 aliphatic rings. The molecule has 0 aliphatic carbocycles. The molecule has 0 bridgehead atoms. The molecule has 2 aromatic heterocycles. The smallest absolute Gasteiger partial charge is 0.410 e. The van der Waals surface area contributed by atoms with Gasteiger partial charge in [-0.15, -0.1) is 0 Å². The lowest BCUT2D eigenvalue weighted by atomic mass is 10.1. The number of allylic oxidation sites excluding steroid dienone is 1. The lowest BCUT2D eigenvalue weighted by Crippen LogP contribution is -2.37. The average Bonchev–Trinajstić information content (AvgIpc) is 3.32. The Kier molecular flexibility index (Phi) is 10.4. The standard InChI is InChI=1S/C32H34F2N6O5/c1-37(2)29(41)10-6-5-9-27(45-32(44)38(3)4)30(42)36-25-8-7-17-39(31(25)43)20-28-35-24-16-15-23(34)18-26(24)40(28)19-21-11-13-22(33)14-12-21/h6-8,10-18,27H,5,9,19-20H2,1-4H3,(H,36,42)/b10-6+/t27-/m0/s1. The van der Waals surface area contributed by atoms with E-state index in [9.17, 15) is 28.0 Å². The third-order valence-electron chi connectivity index (χ3n) is 6.83. The Balaban J connectivity index is 1.58. The van der Waals surface area contributed by atoms with E-state index in [1.54, 1.807) is 42.9 Å². The van der Waals surface area contributed by atoms with Crippen LogP contribution in [0.4, 0.5) is 19.3 Å². The number of likely N-dealkylation sites (N-methyl/N-ethyl adjacent to an activating group) is 1. The Morgan fingerprint density at radius 2 is 1.69 bits per heavy atom. The summed E-state index contributed by atoms with van der Waals surface area (Å²) in [5, 5.41) is 2.56. The third-order valence-corrected chi connectivity index (χ3v) is 6.83. The molecule has 2 heterocycles. The van der Waals surface area contributed by atoms with E-state index < -0.39 is 29.5 Å². The second kappa shape index (κ2) is 14.4. The van der Waals surface area contributed by atoms with Gasteiger partial charge in [0.2, 0.25) is 5.91 Å². The van der Waals surface area contributed by atoms with Gasteiger partial charge in [0, 0.05) is 40.9 Å². The van der Waals surface area contributed by atoms with E-state index in [1.807, 2.05) is 0 Å². The quantitative estimate of drug-likeness (QED) is 0.253. The van der Waals surface area contributed by atoms with Gasteiger partial charge < -0.3 is 29.0 Å². The van der Waals surface area contributed by atoms with Crippen molar-refractivity contribution < 1.29 is 27.9 Å². The summed E-state index contributed by atoms with van der Waals surface area (Å²) in [6, 6.07) is 13.0. The van der Waals surface area contributed by atoms with E-state index in [0.717, 1.165) is 5.56 Å². The number of carbonyl (C=O) groups is 3. The molecule has 0 saturated carbocycles. The van der Waals surface area contributed by atoms with Crippen LogP contribution in [-0.4, -0.2) is 76.1 Å². The van der Waals surface area contributed by atoms with E-state index in [2.05, 4.69) is 10.3 Å². The van der Waals surface area contributed by atoms with Crippen molar-refractivity contribution in [2.45, 2.75) is 32.0 Å². The first kappa shape index (κ1) is 32.6. The molecule has 0 fully saturated rings. The van der Waals surface area contributed by atoms with Crippen molar-refractivity contribution in [3.05, 3.63) is 106 Å². The highest BCUT2D eigenvalue weighted by atomic mass is 19.1. The summed E-state index contributed by atoms with van der Waals surface area (Å²) in [5.41, 5.74) is 1.15. The Hall–Kier alpha value is -5.33. The number of halogens is 2.